The van der Waals surface area contributed by atoms with E-state index < -0.39 is 54.3 Å². The molecule has 11 heteroatoms. The van der Waals surface area contributed by atoms with Crippen LogP contribution in [0.4, 0.5) is 0 Å². The van der Waals surface area contributed by atoms with E-state index in [1.54, 1.807) is 13.8 Å². The second kappa shape index (κ2) is 13.5. The highest BCUT2D eigenvalue weighted by molar-refractivity contribution is 5.92. The average molecular weight is 430 g/mol. The fourth-order valence-corrected chi connectivity index (χ4v) is 2.58. The lowest BCUT2D eigenvalue weighted by Gasteiger charge is -2.27. The number of carbonyl (C=O) groups excluding carboxylic acids is 4. The van der Waals surface area contributed by atoms with E-state index in [4.69, 9.17) is 11.5 Å². The molecule has 0 aliphatic heterocycles. The maximum Gasteiger partial charge on any atom is 0.326 e. The third-order valence-electron chi connectivity index (χ3n) is 5.05. The highest BCUT2D eigenvalue weighted by Crippen LogP contribution is 2.12. The highest BCUT2D eigenvalue weighted by Gasteiger charge is 2.31. The summed E-state index contributed by atoms with van der Waals surface area (Å²) in [6.07, 6.45) is 1.11. The van der Waals surface area contributed by atoms with Crippen molar-refractivity contribution in [2.75, 3.05) is 6.54 Å². The van der Waals surface area contributed by atoms with Gasteiger partial charge in [0.05, 0.1) is 12.6 Å². The monoisotopic (exact) mass is 429 g/mol. The van der Waals surface area contributed by atoms with Crippen LogP contribution in [0.5, 0.6) is 0 Å². The van der Waals surface area contributed by atoms with Gasteiger partial charge >= 0.3 is 5.97 Å². The number of hydrogen-bond acceptors (Lipinski definition) is 6. The molecule has 5 atom stereocenters. The van der Waals surface area contributed by atoms with Gasteiger partial charge in [-0.2, -0.15) is 0 Å². The predicted molar refractivity (Wildman–Crippen MR) is 110 cm³/mol. The molecule has 0 aliphatic rings. The van der Waals surface area contributed by atoms with Gasteiger partial charge in [0.2, 0.25) is 23.6 Å². The Bertz CT molecular complexity index is 627. The van der Waals surface area contributed by atoms with Gasteiger partial charge in [-0.3, -0.25) is 19.2 Å². The topological polar surface area (TPSA) is 194 Å². The lowest BCUT2D eigenvalue weighted by atomic mass is 9.95. The molecule has 0 spiro atoms. The predicted octanol–water partition coefficient (Wildman–Crippen LogP) is -1.16. The van der Waals surface area contributed by atoms with E-state index >= 15 is 0 Å². The molecule has 4 amide bonds. The van der Waals surface area contributed by atoms with Gasteiger partial charge in [-0.1, -0.05) is 40.5 Å². The van der Waals surface area contributed by atoms with Crippen LogP contribution in [-0.4, -0.2) is 59.4 Å². The Labute approximate surface area is 176 Å². The van der Waals surface area contributed by atoms with Crippen molar-refractivity contribution in [1.29, 1.82) is 0 Å². The van der Waals surface area contributed by atoms with Gasteiger partial charge in [0, 0.05) is 6.42 Å². The number of amides is 4. The van der Waals surface area contributed by atoms with E-state index in [-0.39, 0.29) is 24.7 Å². The standard InChI is InChI=1S/C19H35N5O6/c1-5-10(3)15(18(28)24-16(19(29)30)11(4)6-2)23-14(26)9-22-17(27)12(20)7-8-13(21)25/h10-12,15-16H,5-9,20H2,1-4H3,(H2,21,25)(H,22,27)(H,23,26)(H,24,28)(H,29,30). The SMILES string of the molecule is CCC(C)C(NC(=O)C(NC(=O)CNC(=O)C(N)CCC(N)=O)C(C)CC)C(=O)O. The van der Waals surface area contributed by atoms with Gasteiger partial charge in [-0.05, 0) is 18.3 Å². The lowest BCUT2D eigenvalue weighted by molar-refractivity contribution is -0.144. The van der Waals surface area contributed by atoms with Crippen molar-refractivity contribution < 1.29 is 29.1 Å². The third kappa shape index (κ3) is 9.68. The quantitative estimate of drug-likeness (QED) is 0.200. The Hall–Kier alpha value is -2.69. The van der Waals surface area contributed by atoms with Gasteiger partial charge in [-0.15, -0.1) is 0 Å². The third-order valence-corrected chi connectivity index (χ3v) is 5.05. The number of nitrogens with two attached hydrogens (primary N) is 2. The molecule has 0 aliphatic carbocycles. The molecule has 0 saturated carbocycles. The van der Waals surface area contributed by atoms with Crippen molar-refractivity contribution in [2.45, 2.75) is 71.5 Å². The summed E-state index contributed by atoms with van der Waals surface area (Å²) in [5, 5.41) is 16.7. The van der Waals surface area contributed by atoms with Crippen LogP contribution >= 0.6 is 0 Å². The van der Waals surface area contributed by atoms with E-state index in [1.807, 2.05) is 13.8 Å². The minimum Gasteiger partial charge on any atom is -0.480 e. The molecule has 8 N–H and O–H groups in total. The lowest BCUT2D eigenvalue weighted by Crippen LogP contribution is -2.56. The molecule has 0 aromatic heterocycles. The van der Waals surface area contributed by atoms with Crippen molar-refractivity contribution >= 4 is 29.6 Å². The fraction of sp³-hybridized carbons (Fsp3) is 0.737. The van der Waals surface area contributed by atoms with Gasteiger partial charge in [0.25, 0.3) is 0 Å². The average Bonchev–Trinajstić information content (AvgIpc) is 2.70. The first-order chi connectivity index (χ1) is 13.9. The van der Waals surface area contributed by atoms with E-state index in [1.165, 1.54) is 0 Å². The first-order valence-electron chi connectivity index (χ1n) is 10.1. The number of rotatable bonds is 14. The van der Waals surface area contributed by atoms with Crippen molar-refractivity contribution in [3.8, 4) is 0 Å². The molecular weight excluding hydrogens is 394 g/mol. The number of carboxylic acids is 1. The first-order valence-corrected chi connectivity index (χ1v) is 10.1. The summed E-state index contributed by atoms with van der Waals surface area (Å²) in [5.74, 6) is -4.15. The normalized spacial score (nSPS) is 15.8. The Kier molecular flexibility index (Phi) is 12.3. The molecular formula is C19H35N5O6. The molecule has 0 radical (unpaired) electrons. The summed E-state index contributed by atoms with van der Waals surface area (Å²) in [7, 11) is 0. The molecule has 0 fully saturated rings. The van der Waals surface area contributed by atoms with Crippen molar-refractivity contribution in [1.82, 2.24) is 16.0 Å². The maximum atomic E-state index is 12.7. The molecule has 0 rings (SSSR count). The second-order valence-electron chi connectivity index (χ2n) is 7.47. The van der Waals surface area contributed by atoms with Crippen LogP contribution in [0.1, 0.15) is 53.4 Å². The Balaban J connectivity index is 4.94. The smallest absolute Gasteiger partial charge is 0.326 e. The Morgan fingerprint density at radius 1 is 0.900 bits per heavy atom. The molecule has 0 heterocycles. The zero-order chi connectivity index (χ0) is 23.4. The Morgan fingerprint density at radius 3 is 1.90 bits per heavy atom. The highest BCUT2D eigenvalue weighted by atomic mass is 16.4. The summed E-state index contributed by atoms with van der Waals surface area (Å²) in [6.45, 7) is 6.70. The first kappa shape index (κ1) is 27.3. The number of hydrogen-bond donors (Lipinski definition) is 6. The van der Waals surface area contributed by atoms with Gasteiger partial charge < -0.3 is 32.5 Å². The minimum absolute atomic E-state index is 0.0485. The van der Waals surface area contributed by atoms with Crippen molar-refractivity contribution in [3.05, 3.63) is 0 Å². The molecule has 0 saturated heterocycles. The minimum atomic E-state index is -1.15. The number of carboxylic acid groups (broad SMARTS) is 1. The van der Waals surface area contributed by atoms with E-state index in [0.29, 0.717) is 12.8 Å². The van der Waals surface area contributed by atoms with Gasteiger partial charge in [-0.25, -0.2) is 4.79 Å². The van der Waals surface area contributed by atoms with E-state index in [2.05, 4.69) is 16.0 Å². The van der Waals surface area contributed by atoms with Gasteiger partial charge in [0.15, 0.2) is 0 Å². The van der Waals surface area contributed by atoms with E-state index in [9.17, 15) is 29.1 Å². The van der Waals surface area contributed by atoms with Crippen LogP contribution in [0.25, 0.3) is 0 Å². The largest absolute Gasteiger partial charge is 0.480 e. The van der Waals surface area contributed by atoms with Crippen LogP contribution in [0.3, 0.4) is 0 Å². The molecule has 0 bridgehead atoms. The molecule has 5 unspecified atom stereocenters. The van der Waals surface area contributed by atoms with Crippen LogP contribution in [0, 0.1) is 11.8 Å². The van der Waals surface area contributed by atoms with Gasteiger partial charge in [0.1, 0.15) is 12.1 Å². The second-order valence-corrected chi connectivity index (χ2v) is 7.47. The van der Waals surface area contributed by atoms with Crippen molar-refractivity contribution in [2.24, 2.45) is 23.3 Å². The summed E-state index contributed by atoms with van der Waals surface area (Å²) in [4.78, 5) is 59.0. The molecule has 30 heavy (non-hydrogen) atoms. The molecule has 172 valence electrons. The zero-order valence-corrected chi connectivity index (χ0v) is 18.1. The van der Waals surface area contributed by atoms with E-state index in [0.717, 1.165) is 0 Å². The summed E-state index contributed by atoms with van der Waals surface area (Å²) in [6, 6.07) is -3.03. The maximum absolute atomic E-state index is 12.7. The molecule has 0 aromatic carbocycles. The number of primary amides is 1. The van der Waals surface area contributed by atoms with Crippen molar-refractivity contribution in [3.63, 3.8) is 0 Å². The number of aliphatic carboxylic acids is 1. The van der Waals surface area contributed by atoms with Crippen LogP contribution in [-0.2, 0) is 24.0 Å². The van der Waals surface area contributed by atoms with Crippen LogP contribution in [0.15, 0.2) is 0 Å². The number of carbonyl (C=O) groups is 5. The summed E-state index contributed by atoms with van der Waals surface area (Å²) >= 11 is 0. The van der Waals surface area contributed by atoms with Crippen LogP contribution < -0.4 is 27.4 Å². The molecule has 0 aromatic rings. The molecule has 11 nitrogen and oxygen atoms in total. The zero-order valence-electron chi connectivity index (χ0n) is 18.1. The summed E-state index contributed by atoms with van der Waals surface area (Å²) < 4.78 is 0. The summed E-state index contributed by atoms with van der Waals surface area (Å²) in [5.41, 5.74) is 10.6. The fourth-order valence-electron chi connectivity index (χ4n) is 2.58. The number of nitrogens with one attached hydrogen (secondary N) is 3. The van der Waals surface area contributed by atoms with Crippen LogP contribution in [0.2, 0.25) is 0 Å². The Morgan fingerprint density at radius 2 is 1.43 bits per heavy atom.